The molecule has 380 valence electrons. The smallest absolute Gasteiger partial charge is 0.306 e. The van der Waals surface area contributed by atoms with Crippen LogP contribution in [0.3, 0.4) is 0 Å². The number of carbonyl (C=O) groups excluding carboxylic acids is 3. The molecule has 0 spiro atoms. The molecular formula is C61H100O6. The molecule has 67 heavy (non-hydrogen) atoms. The molecule has 0 radical (unpaired) electrons. The number of esters is 3. The molecule has 0 aromatic rings. The van der Waals surface area contributed by atoms with Crippen molar-refractivity contribution in [3.8, 4) is 0 Å². The van der Waals surface area contributed by atoms with E-state index in [0.717, 1.165) is 96.3 Å². The van der Waals surface area contributed by atoms with E-state index in [0.29, 0.717) is 19.3 Å². The lowest BCUT2D eigenvalue weighted by Gasteiger charge is -2.18. The zero-order valence-corrected chi connectivity index (χ0v) is 43.4. The van der Waals surface area contributed by atoms with Gasteiger partial charge in [0.25, 0.3) is 0 Å². The van der Waals surface area contributed by atoms with Crippen LogP contribution >= 0.6 is 0 Å². The van der Waals surface area contributed by atoms with E-state index in [2.05, 4.69) is 112 Å². The highest BCUT2D eigenvalue weighted by Crippen LogP contribution is 2.13. The highest BCUT2D eigenvalue weighted by molar-refractivity contribution is 5.71. The minimum Gasteiger partial charge on any atom is -0.462 e. The Morgan fingerprint density at radius 2 is 0.657 bits per heavy atom. The van der Waals surface area contributed by atoms with Gasteiger partial charge in [-0.05, 0) is 103 Å². The number of ether oxygens (including phenoxy) is 3. The Bertz CT molecular complexity index is 1390. The number of allylic oxidation sites excluding steroid dienone is 18. The van der Waals surface area contributed by atoms with Crippen molar-refractivity contribution >= 4 is 17.9 Å². The number of carbonyl (C=O) groups is 3. The second-order valence-corrected chi connectivity index (χ2v) is 17.8. The molecule has 0 bridgehead atoms. The van der Waals surface area contributed by atoms with Gasteiger partial charge in [-0.25, -0.2) is 0 Å². The van der Waals surface area contributed by atoms with Crippen LogP contribution in [0.5, 0.6) is 0 Å². The molecule has 0 aromatic carbocycles. The van der Waals surface area contributed by atoms with E-state index in [1.54, 1.807) is 0 Å². The Kier molecular flexibility index (Phi) is 51.5. The summed E-state index contributed by atoms with van der Waals surface area (Å²) in [6, 6.07) is 0. The summed E-state index contributed by atoms with van der Waals surface area (Å²) in [7, 11) is 0. The quantitative estimate of drug-likeness (QED) is 0.0199. The summed E-state index contributed by atoms with van der Waals surface area (Å²) in [5.41, 5.74) is 0. The SMILES string of the molecule is CC\C=C/C=C\C=C/C=C\CCCCCCCC(=O)OCC(COC(=O)CCC/C=C\C/C=C\C/C=C\CCCCCCCC)OC(=O)CCCCCCCCC/C=C\C/C=C\CCCCC. The average molecular weight is 929 g/mol. The molecular weight excluding hydrogens is 829 g/mol. The van der Waals surface area contributed by atoms with Gasteiger partial charge in [-0.2, -0.15) is 0 Å². The number of rotatable bonds is 48. The summed E-state index contributed by atoms with van der Waals surface area (Å²) in [5.74, 6) is -0.996. The first kappa shape index (κ1) is 63.1. The Morgan fingerprint density at radius 3 is 1.13 bits per heavy atom. The van der Waals surface area contributed by atoms with Crippen LogP contribution in [0, 0.1) is 0 Å². The maximum atomic E-state index is 12.8. The van der Waals surface area contributed by atoms with Crippen molar-refractivity contribution in [2.24, 2.45) is 0 Å². The van der Waals surface area contributed by atoms with Crippen LogP contribution in [0.15, 0.2) is 109 Å². The molecule has 0 heterocycles. The predicted octanol–water partition coefficient (Wildman–Crippen LogP) is 18.3. The average Bonchev–Trinajstić information content (AvgIpc) is 3.33. The monoisotopic (exact) mass is 929 g/mol. The fourth-order valence-corrected chi connectivity index (χ4v) is 7.20. The first-order valence-corrected chi connectivity index (χ1v) is 27.4. The standard InChI is InChI=1S/C61H100O6/c1-4-7-10-13-16-19-22-25-28-30-33-36-39-42-45-48-51-54-60(63)66-57-58(56-65-59(62)53-50-47-44-41-38-35-32-27-24-21-18-15-12-9-6-3)67-61(64)55-52-49-46-43-40-37-34-31-29-26-23-20-17-14-11-8-5-2/h9,12,15,17-18,20-21,24-29,32-33,36,42,45,58H,4-8,10-11,13-14,16,19,22-23,30-31,34-35,37-41,43-44,46-57H2,1-3H3/b12-9-,18-15-,20-17-,24-21-,28-25-,29-26-,32-27-,36-33-,45-42-. The van der Waals surface area contributed by atoms with Crippen molar-refractivity contribution in [2.75, 3.05) is 13.2 Å². The molecule has 0 amide bonds. The molecule has 0 aromatic heterocycles. The third-order valence-electron chi connectivity index (χ3n) is 11.3. The van der Waals surface area contributed by atoms with Crippen LogP contribution in [0.2, 0.25) is 0 Å². The van der Waals surface area contributed by atoms with Crippen molar-refractivity contribution in [3.05, 3.63) is 109 Å². The van der Waals surface area contributed by atoms with Gasteiger partial charge in [0.2, 0.25) is 0 Å². The van der Waals surface area contributed by atoms with E-state index < -0.39 is 6.10 Å². The van der Waals surface area contributed by atoms with Gasteiger partial charge in [-0.3, -0.25) is 14.4 Å². The van der Waals surface area contributed by atoms with Crippen molar-refractivity contribution in [1.82, 2.24) is 0 Å². The molecule has 0 aliphatic carbocycles. The summed E-state index contributed by atoms with van der Waals surface area (Å²) >= 11 is 0. The summed E-state index contributed by atoms with van der Waals surface area (Å²) in [6.07, 6.45) is 73.6. The molecule has 0 saturated heterocycles. The molecule has 0 aliphatic rings. The third-order valence-corrected chi connectivity index (χ3v) is 11.3. The summed E-state index contributed by atoms with van der Waals surface area (Å²) in [5, 5.41) is 0. The van der Waals surface area contributed by atoms with Crippen LogP contribution in [-0.2, 0) is 28.6 Å². The fourth-order valence-electron chi connectivity index (χ4n) is 7.20. The van der Waals surface area contributed by atoms with Crippen LogP contribution in [0.25, 0.3) is 0 Å². The van der Waals surface area contributed by atoms with Gasteiger partial charge in [0.15, 0.2) is 6.10 Å². The van der Waals surface area contributed by atoms with Crippen LogP contribution in [0.1, 0.15) is 239 Å². The van der Waals surface area contributed by atoms with Gasteiger partial charge < -0.3 is 14.2 Å². The molecule has 0 N–H and O–H groups in total. The zero-order valence-electron chi connectivity index (χ0n) is 43.4. The Hall–Kier alpha value is -3.93. The first-order chi connectivity index (χ1) is 33.0. The summed E-state index contributed by atoms with van der Waals surface area (Å²) in [4.78, 5) is 38.1. The van der Waals surface area contributed by atoms with Crippen molar-refractivity contribution in [2.45, 2.75) is 245 Å². The Balaban J connectivity index is 4.53. The lowest BCUT2D eigenvalue weighted by Crippen LogP contribution is -2.30. The van der Waals surface area contributed by atoms with Crippen molar-refractivity contribution < 1.29 is 28.6 Å². The molecule has 0 rings (SSSR count). The molecule has 0 aliphatic heterocycles. The van der Waals surface area contributed by atoms with E-state index >= 15 is 0 Å². The Labute approximate surface area is 412 Å². The van der Waals surface area contributed by atoms with Crippen molar-refractivity contribution in [1.29, 1.82) is 0 Å². The molecule has 0 fully saturated rings. The summed E-state index contributed by atoms with van der Waals surface area (Å²) in [6.45, 7) is 6.39. The van der Waals surface area contributed by atoms with E-state index in [-0.39, 0.29) is 37.5 Å². The van der Waals surface area contributed by atoms with Gasteiger partial charge in [-0.15, -0.1) is 0 Å². The van der Waals surface area contributed by atoms with E-state index in [9.17, 15) is 14.4 Å². The number of hydrogen-bond donors (Lipinski definition) is 0. The molecule has 1 unspecified atom stereocenters. The molecule has 0 saturated carbocycles. The maximum absolute atomic E-state index is 12.8. The fraction of sp³-hybridized carbons (Fsp3) is 0.656. The van der Waals surface area contributed by atoms with Crippen LogP contribution < -0.4 is 0 Å². The highest BCUT2D eigenvalue weighted by Gasteiger charge is 2.19. The predicted molar refractivity (Wildman–Crippen MR) is 288 cm³/mol. The lowest BCUT2D eigenvalue weighted by atomic mass is 10.1. The second kappa shape index (κ2) is 54.7. The molecule has 6 nitrogen and oxygen atoms in total. The number of unbranched alkanes of at least 4 members (excludes halogenated alkanes) is 22. The van der Waals surface area contributed by atoms with Gasteiger partial charge in [0, 0.05) is 19.3 Å². The largest absolute Gasteiger partial charge is 0.462 e. The van der Waals surface area contributed by atoms with E-state index in [1.165, 1.54) is 96.3 Å². The minimum absolute atomic E-state index is 0.111. The van der Waals surface area contributed by atoms with Crippen molar-refractivity contribution in [3.63, 3.8) is 0 Å². The normalized spacial score (nSPS) is 12.9. The highest BCUT2D eigenvalue weighted by atomic mass is 16.6. The first-order valence-electron chi connectivity index (χ1n) is 27.4. The number of hydrogen-bond acceptors (Lipinski definition) is 6. The summed E-state index contributed by atoms with van der Waals surface area (Å²) < 4.78 is 16.8. The second-order valence-electron chi connectivity index (χ2n) is 17.8. The zero-order chi connectivity index (χ0) is 48.6. The third kappa shape index (κ3) is 52.9. The van der Waals surface area contributed by atoms with Gasteiger partial charge >= 0.3 is 17.9 Å². The van der Waals surface area contributed by atoms with Crippen LogP contribution in [-0.4, -0.2) is 37.2 Å². The van der Waals surface area contributed by atoms with Gasteiger partial charge in [0.1, 0.15) is 13.2 Å². The van der Waals surface area contributed by atoms with E-state index in [1.807, 2.05) is 18.2 Å². The van der Waals surface area contributed by atoms with Gasteiger partial charge in [-0.1, -0.05) is 226 Å². The van der Waals surface area contributed by atoms with E-state index in [4.69, 9.17) is 14.2 Å². The molecule has 1 atom stereocenters. The Morgan fingerprint density at radius 1 is 0.328 bits per heavy atom. The maximum Gasteiger partial charge on any atom is 0.306 e. The topological polar surface area (TPSA) is 78.9 Å². The van der Waals surface area contributed by atoms with Gasteiger partial charge in [0.05, 0.1) is 0 Å². The molecule has 6 heteroatoms. The lowest BCUT2D eigenvalue weighted by molar-refractivity contribution is -0.167. The minimum atomic E-state index is -0.815. The van der Waals surface area contributed by atoms with Crippen LogP contribution in [0.4, 0.5) is 0 Å².